The molecule has 2 aliphatic carbocycles. The Morgan fingerprint density at radius 3 is 2.67 bits per heavy atom. The van der Waals surface area contributed by atoms with Crippen molar-refractivity contribution in [1.29, 1.82) is 0 Å². The van der Waals surface area contributed by atoms with Crippen molar-refractivity contribution in [3.05, 3.63) is 29.3 Å². The molecule has 0 spiro atoms. The van der Waals surface area contributed by atoms with E-state index in [1.165, 1.54) is 0 Å². The van der Waals surface area contributed by atoms with Gasteiger partial charge in [-0.05, 0) is 43.7 Å². The maximum atomic E-state index is 12.7. The van der Waals surface area contributed by atoms with Crippen LogP contribution in [0.25, 0.3) is 0 Å². The zero-order valence-electron chi connectivity index (χ0n) is 12.3. The zero-order valence-corrected chi connectivity index (χ0v) is 12.3. The van der Waals surface area contributed by atoms with Crippen LogP contribution in [0.5, 0.6) is 0 Å². The van der Waals surface area contributed by atoms with Crippen molar-refractivity contribution in [1.82, 2.24) is 0 Å². The highest BCUT2D eigenvalue weighted by Gasteiger charge is 2.63. The van der Waals surface area contributed by atoms with Crippen LogP contribution in [0.2, 0.25) is 0 Å². The molecule has 1 aromatic rings. The molecule has 0 radical (unpaired) electrons. The summed E-state index contributed by atoms with van der Waals surface area (Å²) in [5, 5.41) is 3.06. The quantitative estimate of drug-likeness (QED) is 0.849. The van der Waals surface area contributed by atoms with Crippen molar-refractivity contribution in [2.24, 2.45) is 23.7 Å². The molecule has 3 aliphatic rings. The summed E-state index contributed by atoms with van der Waals surface area (Å²) in [7, 11) is 0. The Morgan fingerprint density at radius 2 is 1.95 bits per heavy atom. The first kappa shape index (κ1) is 12.9. The number of benzene rings is 1. The van der Waals surface area contributed by atoms with E-state index in [2.05, 4.69) is 5.32 Å². The SMILES string of the molecule is Cc1cccc(C)c1NC(=O)[C@@H]1[C@H]2C[C@H]3[C@H]1C(=O)O[C@H]3C2. The first-order valence-corrected chi connectivity index (χ1v) is 7.64. The Hall–Kier alpha value is -1.84. The molecule has 1 saturated heterocycles. The number of ether oxygens (including phenoxy) is 1. The van der Waals surface area contributed by atoms with Crippen LogP contribution in [0.1, 0.15) is 24.0 Å². The van der Waals surface area contributed by atoms with Crippen molar-refractivity contribution in [3.63, 3.8) is 0 Å². The molecule has 1 aliphatic heterocycles. The third-order valence-electron chi connectivity index (χ3n) is 5.52. The van der Waals surface area contributed by atoms with Gasteiger partial charge in [-0.25, -0.2) is 0 Å². The Bertz CT molecular complexity index is 617. The maximum Gasteiger partial charge on any atom is 0.310 e. The molecular weight excluding hydrogens is 266 g/mol. The van der Waals surface area contributed by atoms with Gasteiger partial charge < -0.3 is 10.1 Å². The smallest absolute Gasteiger partial charge is 0.310 e. The van der Waals surface area contributed by atoms with Crippen LogP contribution in [0, 0.1) is 37.5 Å². The molecule has 1 aromatic carbocycles. The van der Waals surface area contributed by atoms with Crippen LogP contribution in [0.15, 0.2) is 18.2 Å². The highest BCUT2D eigenvalue weighted by Crippen LogP contribution is 2.57. The average Bonchev–Trinajstić information content (AvgIpc) is 3.04. The highest BCUT2D eigenvalue weighted by molar-refractivity contribution is 5.97. The molecule has 3 fully saturated rings. The van der Waals surface area contributed by atoms with Crippen molar-refractivity contribution >= 4 is 17.6 Å². The largest absolute Gasteiger partial charge is 0.462 e. The molecule has 2 bridgehead atoms. The molecule has 21 heavy (non-hydrogen) atoms. The molecule has 4 heteroatoms. The Kier molecular flexibility index (Phi) is 2.65. The third kappa shape index (κ3) is 1.74. The van der Waals surface area contributed by atoms with Gasteiger partial charge in [-0.15, -0.1) is 0 Å². The number of amides is 1. The van der Waals surface area contributed by atoms with Crippen molar-refractivity contribution in [3.8, 4) is 0 Å². The lowest BCUT2D eigenvalue weighted by Crippen LogP contribution is -2.36. The van der Waals surface area contributed by atoms with Gasteiger partial charge >= 0.3 is 5.97 Å². The number of aryl methyl sites for hydroxylation is 2. The predicted molar refractivity (Wildman–Crippen MR) is 77.6 cm³/mol. The molecule has 4 rings (SSSR count). The minimum Gasteiger partial charge on any atom is -0.462 e. The van der Waals surface area contributed by atoms with E-state index in [0.29, 0.717) is 5.92 Å². The summed E-state index contributed by atoms with van der Waals surface area (Å²) in [5.41, 5.74) is 2.99. The summed E-state index contributed by atoms with van der Waals surface area (Å²) in [6, 6.07) is 5.96. The van der Waals surface area contributed by atoms with Crippen molar-refractivity contribution in [2.75, 3.05) is 5.32 Å². The molecule has 1 N–H and O–H groups in total. The van der Waals surface area contributed by atoms with Crippen LogP contribution < -0.4 is 5.32 Å². The molecule has 5 atom stereocenters. The minimum absolute atomic E-state index is 0.0119. The maximum absolute atomic E-state index is 12.7. The standard InChI is InChI=1S/C17H19NO3/c1-8-4-3-5-9(2)15(8)18-16(19)13-10-6-11-12(7-10)21-17(20)14(11)13/h3-5,10-14H,6-7H2,1-2H3,(H,18,19)/t10-,11+,12-,13+,14+/m0/s1. The van der Waals surface area contributed by atoms with Crippen LogP contribution in [-0.4, -0.2) is 18.0 Å². The lowest BCUT2D eigenvalue weighted by Gasteiger charge is -2.24. The van der Waals surface area contributed by atoms with Gasteiger partial charge in [0.05, 0.1) is 11.8 Å². The molecule has 4 nitrogen and oxygen atoms in total. The summed E-state index contributed by atoms with van der Waals surface area (Å²) >= 11 is 0. The first-order chi connectivity index (χ1) is 10.1. The highest BCUT2D eigenvalue weighted by atomic mass is 16.6. The second kappa shape index (κ2) is 4.33. The Morgan fingerprint density at radius 1 is 1.24 bits per heavy atom. The van der Waals surface area contributed by atoms with Crippen LogP contribution in [0.4, 0.5) is 5.69 Å². The van der Waals surface area contributed by atoms with Crippen LogP contribution in [0.3, 0.4) is 0 Å². The molecule has 1 amide bonds. The van der Waals surface area contributed by atoms with E-state index in [0.717, 1.165) is 29.7 Å². The van der Waals surface area contributed by atoms with Crippen LogP contribution in [-0.2, 0) is 14.3 Å². The number of carbonyl (C=O) groups excluding carboxylic acids is 2. The number of hydrogen-bond donors (Lipinski definition) is 1. The molecule has 0 aromatic heterocycles. The summed E-state index contributed by atoms with van der Waals surface area (Å²) in [5.74, 6) is -0.0100. The molecule has 110 valence electrons. The molecule has 2 saturated carbocycles. The van der Waals surface area contributed by atoms with E-state index in [1.807, 2.05) is 32.0 Å². The molecular formula is C17H19NO3. The van der Waals surface area contributed by atoms with Gasteiger partial charge in [0.25, 0.3) is 0 Å². The Labute approximate surface area is 123 Å². The second-order valence-corrected chi connectivity index (χ2v) is 6.68. The van der Waals surface area contributed by atoms with Gasteiger partial charge in [-0.3, -0.25) is 9.59 Å². The summed E-state index contributed by atoms with van der Waals surface area (Å²) in [6.07, 6.45) is 1.90. The number of nitrogens with one attached hydrogen (secondary N) is 1. The van der Waals surface area contributed by atoms with Gasteiger partial charge in [0.15, 0.2) is 0 Å². The van der Waals surface area contributed by atoms with Gasteiger partial charge in [0, 0.05) is 11.6 Å². The van der Waals surface area contributed by atoms with E-state index in [9.17, 15) is 9.59 Å². The summed E-state index contributed by atoms with van der Waals surface area (Å²) in [4.78, 5) is 24.7. The van der Waals surface area contributed by atoms with Gasteiger partial charge in [-0.1, -0.05) is 18.2 Å². The normalized spacial score (nSPS) is 35.9. The van der Waals surface area contributed by atoms with Crippen molar-refractivity contribution in [2.45, 2.75) is 32.8 Å². The number of esters is 1. The van der Waals surface area contributed by atoms with Crippen molar-refractivity contribution < 1.29 is 14.3 Å². The molecule has 0 unspecified atom stereocenters. The fraction of sp³-hybridized carbons (Fsp3) is 0.529. The topological polar surface area (TPSA) is 55.4 Å². The number of fused-ring (bicyclic) bond motifs is 1. The number of anilines is 1. The monoisotopic (exact) mass is 285 g/mol. The number of hydrogen-bond acceptors (Lipinski definition) is 3. The number of carbonyl (C=O) groups is 2. The fourth-order valence-corrected chi connectivity index (χ4v) is 4.58. The molecule has 1 heterocycles. The lowest BCUT2D eigenvalue weighted by molar-refractivity contribution is -0.145. The average molecular weight is 285 g/mol. The van der Waals surface area contributed by atoms with Gasteiger partial charge in [0.1, 0.15) is 6.10 Å². The second-order valence-electron chi connectivity index (χ2n) is 6.68. The third-order valence-corrected chi connectivity index (χ3v) is 5.52. The fourth-order valence-electron chi connectivity index (χ4n) is 4.58. The zero-order chi connectivity index (χ0) is 14.7. The minimum atomic E-state index is -0.210. The lowest BCUT2D eigenvalue weighted by atomic mass is 9.79. The van der Waals surface area contributed by atoms with Gasteiger partial charge in [-0.2, -0.15) is 0 Å². The number of para-hydroxylation sites is 1. The van der Waals surface area contributed by atoms with E-state index in [1.54, 1.807) is 0 Å². The Balaban J connectivity index is 1.60. The van der Waals surface area contributed by atoms with E-state index in [4.69, 9.17) is 4.74 Å². The van der Waals surface area contributed by atoms with Gasteiger partial charge in [0.2, 0.25) is 5.91 Å². The predicted octanol–water partition coefficient (Wildman–Crippen LogP) is 2.44. The summed E-state index contributed by atoms with van der Waals surface area (Å²) in [6.45, 7) is 3.98. The van der Waals surface area contributed by atoms with Crippen LogP contribution >= 0.6 is 0 Å². The number of rotatable bonds is 2. The first-order valence-electron chi connectivity index (χ1n) is 7.64. The van der Waals surface area contributed by atoms with E-state index < -0.39 is 0 Å². The van der Waals surface area contributed by atoms with E-state index in [-0.39, 0.29) is 35.7 Å². The summed E-state index contributed by atoms with van der Waals surface area (Å²) < 4.78 is 5.40. The van der Waals surface area contributed by atoms with E-state index >= 15 is 0 Å².